The summed E-state index contributed by atoms with van der Waals surface area (Å²) in [5.41, 5.74) is 2.00. The molecular weight excluding hydrogens is 349 g/mol. The van der Waals surface area contributed by atoms with E-state index < -0.39 is 11.7 Å². The van der Waals surface area contributed by atoms with Crippen molar-refractivity contribution in [2.45, 2.75) is 25.8 Å². The van der Waals surface area contributed by atoms with Crippen molar-refractivity contribution in [1.82, 2.24) is 10.2 Å². The maximum Gasteiger partial charge on any atom is 0.260 e. The molecule has 1 amide bonds. The molecular formula is C20H22FN3OS. The highest BCUT2D eigenvalue weighted by atomic mass is 32.1. The molecule has 1 saturated heterocycles. The van der Waals surface area contributed by atoms with E-state index in [4.69, 9.17) is 12.2 Å². The third-order valence-corrected chi connectivity index (χ3v) is 4.62. The Hall–Kier alpha value is -2.31. The van der Waals surface area contributed by atoms with Gasteiger partial charge in [0, 0.05) is 12.2 Å². The molecule has 0 saturated carbocycles. The molecule has 1 aliphatic rings. The van der Waals surface area contributed by atoms with Gasteiger partial charge in [-0.3, -0.25) is 15.0 Å². The summed E-state index contributed by atoms with van der Waals surface area (Å²) < 4.78 is 13.6. The molecule has 26 heavy (non-hydrogen) atoms. The molecule has 2 N–H and O–H groups in total. The minimum Gasteiger partial charge on any atom is -0.332 e. The highest BCUT2D eigenvalue weighted by molar-refractivity contribution is 7.80. The van der Waals surface area contributed by atoms with Gasteiger partial charge in [0.1, 0.15) is 5.82 Å². The largest absolute Gasteiger partial charge is 0.332 e. The van der Waals surface area contributed by atoms with Crippen LogP contribution in [-0.4, -0.2) is 29.0 Å². The SMILES string of the molecule is O=C(NC(=S)Nc1ccc(CN2CCCCC2)cc1)c1ccccc1F. The van der Waals surface area contributed by atoms with Crippen LogP contribution in [0.25, 0.3) is 0 Å². The van der Waals surface area contributed by atoms with E-state index in [-0.39, 0.29) is 10.7 Å². The monoisotopic (exact) mass is 371 g/mol. The van der Waals surface area contributed by atoms with Crippen molar-refractivity contribution in [3.05, 3.63) is 65.5 Å². The molecule has 0 aliphatic carbocycles. The number of nitrogens with zero attached hydrogens (tertiary/aromatic N) is 1. The Labute approximate surface area is 158 Å². The van der Waals surface area contributed by atoms with Crippen LogP contribution in [0.5, 0.6) is 0 Å². The van der Waals surface area contributed by atoms with Crippen molar-refractivity contribution in [1.29, 1.82) is 0 Å². The van der Waals surface area contributed by atoms with Gasteiger partial charge in [0.2, 0.25) is 0 Å². The Morgan fingerprint density at radius 2 is 1.73 bits per heavy atom. The molecule has 0 bridgehead atoms. The summed E-state index contributed by atoms with van der Waals surface area (Å²) in [4.78, 5) is 14.5. The highest BCUT2D eigenvalue weighted by Gasteiger charge is 2.13. The van der Waals surface area contributed by atoms with Crippen LogP contribution in [0.4, 0.5) is 10.1 Å². The predicted molar refractivity (Wildman–Crippen MR) is 106 cm³/mol. The van der Waals surface area contributed by atoms with Gasteiger partial charge in [-0.05, 0) is 68.0 Å². The zero-order chi connectivity index (χ0) is 18.4. The number of hydrogen-bond donors (Lipinski definition) is 2. The number of piperidine rings is 1. The first-order valence-corrected chi connectivity index (χ1v) is 9.21. The zero-order valence-electron chi connectivity index (χ0n) is 14.5. The van der Waals surface area contributed by atoms with Crippen molar-refractivity contribution in [2.24, 2.45) is 0 Å². The topological polar surface area (TPSA) is 44.4 Å². The fourth-order valence-corrected chi connectivity index (χ4v) is 3.26. The number of hydrogen-bond acceptors (Lipinski definition) is 3. The van der Waals surface area contributed by atoms with E-state index in [0.717, 1.165) is 25.3 Å². The average Bonchev–Trinajstić information content (AvgIpc) is 2.64. The summed E-state index contributed by atoms with van der Waals surface area (Å²) in [5, 5.41) is 5.60. The van der Waals surface area contributed by atoms with Crippen molar-refractivity contribution in [3.8, 4) is 0 Å². The Bertz CT molecular complexity index is 773. The third kappa shape index (κ3) is 5.09. The fraction of sp³-hybridized carbons (Fsp3) is 0.300. The van der Waals surface area contributed by atoms with Crippen molar-refractivity contribution in [2.75, 3.05) is 18.4 Å². The van der Waals surface area contributed by atoms with Crippen molar-refractivity contribution < 1.29 is 9.18 Å². The minimum atomic E-state index is -0.574. The van der Waals surface area contributed by atoms with Crippen LogP contribution >= 0.6 is 12.2 Å². The van der Waals surface area contributed by atoms with Gasteiger partial charge >= 0.3 is 0 Å². The summed E-state index contributed by atoms with van der Waals surface area (Å²) in [6.07, 6.45) is 3.88. The molecule has 136 valence electrons. The number of halogens is 1. The summed E-state index contributed by atoms with van der Waals surface area (Å²) in [6.45, 7) is 3.27. The zero-order valence-corrected chi connectivity index (χ0v) is 15.3. The van der Waals surface area contributed by atoms with Crippen LogP contribution in [-0.2, 0) is 6.54 Å². The van der Waals surface area contributed by atoms with Crippen LogP contribution in [0.3, 0.4) is 0 Å². The van der Waals surface area contributed by atoms with Gasteiger partial charge < -0.3 is 5.32 Å². The second kappa shape index (κ2) is 8.87. The number of benzene rings is 2. The number of nitrogens with one attached hydrogen (secondary N) is 2. The maximum atomic E-state index is 13.6. The summed E-state index contributed by atoms with van der Waals surface area (Å²) in [7, 11) is 0. The van der Waals surface area contributed by atoms with E-state index in [0.29, 0.717) is 0 Å². The standard InChI is InChI=1S/C20H22FN3OS/c21-18-7-3-2-6-17(18)19(25)23-20(26)22-16-10-8-15(9-11-16)14-24-12-4-1-5-13-24/h2-3,6-11H,1,4-5,12-14H2,(H2,22,23,25,26). The maximum absolute atomic E-state index is 13.6. The molecule has 1 heterocycles. The number of rotatable bonds is 4. The van der Waals surface area contributed by atoms with E-state index in [1.54, 1.807) is 6.07 Å². The van der Waals surface area contributed by atoms with E-state index in [1.165, 1.54) is 43.0 Å². The lowest BCUT2D eigenvalue weighted by atomic mass is 10.1. The molecule has 2 aromatic carbocycles. The van der Waals surface area contributed by atoms with E-state index in [1.807, 2.05) is 12.1 Å². The lowest BCUT2D eigenvalue weighted by Crippen LogP contribution is -2.34. The number of amides is 1. The fourth-order valence-electron chi connectivity index (χ4n) is 3.05. The Morgan fingerprint density at radius 3 is 2.42 bits per heavy atom. The summed E-state index contributed by atoms with van der Waals surface area (Å²) in [5.74, 6) is -1.14. The quantitative estimate of drug-likeness (QED) is 0.799. The Morgan fingerprint density at radius 1 is 1.04 bits per heavy atom. The minimum absolute atomic E-state index is 0.0338. The van der Waals surface area contributed by atoms with Gasteiger partial charge in [0.05, 0.1) is 5.56 Å². The smallest absolute Gasteiger partial charge is 0.260 e. The molecule has 3 rings (SSSR count). The Balaban J connectivity index is 1.52. The van der Waals surface area contributed by atoms with Crippen molar-refractivity contribution in [3.63, 3.8) is 0 Å². The number of anilines is 1. The van der Waals surface area contributed by atoms with E-state index in [2.05, 4.69) is 27.7 Å². The first-order chi connectivity index (χ1) is 12.6. The lowest BCUT2D eigenvalue weighted by Gasteiger charge is -2.26. The molecule has 0 atom stereocenters. The average molecular weight is 371 g/mol. The van der Waals surface area contributed by atoms with E-state index in [9.17, 15) is 9.18 Å². The summed E-state index contributed by atoms with van der Waals surface area (Å²) in [6, 6.07) is 13.8. The van der Waals surface area contributed by atoms with Crippen molar-refractivity contribution >= 4 is 28.9 Å². The number of carbonyl (C=O) groups is 1. The molecule has 4 nitrogen and oxygen atoms in total. The van der Waals surface area contributed by atoms with Crippen LogP contribution in [0.15, 0.2) is 48.5 Å². The molecule has 0 spiro atoms. The molecule has 1 fully saturated rings. The number of likely N-dealkylation sites (tertiary alicyclic amines) is 1. The molecule has 1 aliphatic heterocycles. The van der Waals surface area contributed by atoms with Gasteiger partial charge in [-0.2, -0.15) is 0 Å². The van der Waals surface area contributed by atoms with Crippen LogP contribution in [0.1, 0.15) is 35.2 Å². The molecule has 0 unspecified atom stereocenters. The number of carbonyl (C=O) groups excluding carboxylic acids is 1. The normalized spacial score (nSPS) is 14.7. The van der Waals surface area contributed by atoms with Gasteiger partial charge in [0.25, 0.3) is 5.91 Å². The van der Waals surface area contributed by atoms with Crippen LogP contribution in [0.2, 0.25) is 0 Å². The molecule has 2 aromatic rings. The van der Waals surface area contributed by atoms with Crippen LogP contribution in [0, 0.1) is 5.82 Å². The molecule has 0 aromatic heterocycles. The van der Waals surface area contributed by atoms with Gasteiger partial charge in [-0.25, -0.2) is 4.39 Å². The van der Waals surface area contributed by atoms with Gasteiger partial charge in [-0.15, -0.1) is 0 Å². The first kappa shape index (κ1) is 18.5. The molecule has 6 heteroatoms. The second-order valence-corrected chi connectivity index (χ2v) is 6.83. The Kier molecular flexibility index (Phi) is 6.30. The summed E-state index contributed by atoms with van der Waals surface area (Å²) >= 11 is 5.15. The number of thiocarbonyl (C=S) groups is 1. The van der Waals surface area contributed by atoms with Gasteiger partial charge in [0.15, 0.2) is 5.11 Å². The third-order valence-electron chi connectivity index (χ3n) is 4.41. The predicted octanol–water partition coefficient (Wildman–Crippen LogP) is 3.94. The van der Waals surface area contributed by atoms with Gasteiger partial charge in [-0.1, -0.05) is 30.7 Å². The van der Waals surface area contributed by atoms with Crippen LogP contribution < -0.4 is 10.6 Å². The first-order valence-electron chi connectivity index (χ1n) is 8.80. The highest BCUT2D eigenvalue weighted by Crippen LogP contribution is 2.15. The molecule has 0 radical (unpaired) electrons. The lowest BCUT2D eigenvalue weighted by molar-refractivity contribution is 0.0974. The van der Waals surface area contributed by atoms with E-state index >= 15 is 0 Å². The second-order valence-electron chi connectivity index (χ2n) is 6.42.